The number of aromatic hydroxyl groups is 1. The maximum Gasteiger partial charge on any atom is 0.264 e. The molecule has 3 N–H and O–H groups in total. The molecule has 1 fully saturated rings. The molecule has 6 nitrogen and oxygen atoms in total. The van der Waals surface area contributed by atoms with E-state index < -0.39 is 0 Å². The maximum atomic E-state index is 12.4. The minimum atomic E-state index is -0.367. The quantitative estimate of drug-likeness (QED) is 0.641. The molecule has 6 heteroatoms. The third kappa shape index (κ3) is 3.64. The number of nitrogens with zero attached hydrogens (tertiary/aromatic N) is 2. The van der Waals surface area contributed by atoms with Gasteiger partial charge in [-0.15, -0.1) is 0 Å². The molecule has 0 aromatic heterocycles. The predicted octanol–water partition coefficient (Wildman–Crippen LogP) is 1.02. The van der Waals surface area contributed by atoms with Crippen molar-refractivity contribution in [2.24, 2.45) is 11.7 Å². The lowest BCUT2D eigenvalue weighted by Gasteiger charge is -2.30. The summed E-state index contributed by atoms with van der Waals surface area (Å²) < 4.78 is 0. The summed E-state index contributed by atoms with van der Waals surface area (Å²) in [5.41, 5.74) is 5.84. The van der Waals surface area contributed by atoms with E-state index >= 15 is 0 Å². The fourth-order valence-corrected chi connectivity index (χ4v) is 2.46. The highest BCUT2D eigenvalue weighted by atomic mass is 16.3. The van der Waals surface area contributed by atoms with Crippen LogP contribution in [0.15, 0.2) is 29.8 Å². The fourth-order valence-electron chi connectivity index (χ4n) is 2.46. The Labute approximate surface area is 128 Å². The molecule has 1 saturated heterocycles. The Morgan fingerprint density at radius 2 is 2.05 bits per heavy atom. The van der Waals surface area contributed by atoms with Crippen LogP contribution in [0, 0.1) is 17.2 Å². The fraction of sp³-hybridized carbons (Fsp3) is 0.312. The Morgan fingerprint density at radius 3 is 2.59 bits per heavy atom. The van der Waals surface area contributed by atoms with Crippen molar-refractivity contribution in [1.29, 1.82) is 5.26 Å². The number of carbonyl (C=O) groups excluding carboxylic acids is 2. The van der Waals surface area contributed by atoms with Crippen molar-refractivity contribution < 1.29 is 14.7 Å². The smallest absolute Gasteiger partial charge is 0.264 e. The zero-order valence-corrected chi connectivity index (χ0v) is 12.0. The Bertz CT molecular complexity index is 653. The highest BCUT2D eigenvalue weighted by Gasteiger charge is 2.27. The van der Waals surface area contributed by atoms with Gasteiger partial charge in [-0.1, -0.05) is 12.1 Å². The second kappa shape index (κ2) is 6.76. The number of piperidine rings is 1. The third-order valence-corrected chi connectivity index (χ3v) is 3.72. The molecule has 1 heterocycles. The lowest BCUT2D eigenvalue weighted by atomic mass is 9.96. The molecule has 0 spiro atoms. The number of hydrogen-bond donors (Lipinski definition) is 2. The molecule has 0 unspecified atom stereocenters. The summed E-state index contributed by atoms with van der Waals surface area (Å²) in [6.45, 7) is 0.816. The molecule has 1 aromatic carbocycles. The van der Waals surface area contributed by atoms with Gasteiger partial charge in [0.05, 0.1) is 0 Å². The molecular weight excluding hydrogens is 282 g/mol. The summed E-state index contributed by atoms with van der Waals surface area (Å²) in [4.78, 5) is 25.0. The van der Waals surface area contributed by atoms with Crippen LogP contribution < -0.4 is 5.73 Å². The van der Waals surface area contributed by atoms with Gasteiger partial charge in [-0.25, -0.2) is 0 Å². The second-order valence-electron chi connectivity index (χ2n) is 5.23. The molecule has 2 rings (SSSR count). The van der Waals surface area contributed by atoms with Crippen LogP contribution in [0.1, 0.15) is 18.4 Å². The van der Waals surface area contributed by atoms with Crippen LogP contribution in [-0.4, -0.2) is 34.9 Å². The number of phenolic OH excluding ortho intramolecular Hbond substituents is 1. The molecule has 114 valence electrons. The van der Waals surface area contributed by atoms with Gasteiger partial charge in [0.15, 0.2) is 0 Å². The first kappa shape index (κ1) is 15.6. The van der Waals surface area contributed by atoms with Gasteiger partial charge < -0.3 is 15.7 Å². The maximum absolute atomic E-state index is 12.4. The summed E-state index contributed by atoms with van der Waals surface area (Å²) in [5, 5.41) is 18.6. The van der Waals surface area contributed by atoms with Crippen LogP contribution in [-0.2, 0) is 9.59 Å². The first-order valence-corrected chi connectivity index (χ1v) is 7.00. The predicted molar refractivity (Wildman–Crippen MR) is 80.2 cm³/mol. The van der Waals surface area contributed by atoms with Crippen LogP contribution in [0.25, 0.3) is 6.08 Å². The highest BCUT2D eigenvalue weighted by molar-refractivity contribution is 6.01. The molecule has 1 aliphatic rings. The zero-order valence-electron chi connectivity index (χ0n) is 12.0. The van der Waals surface area contributed by atoms with E-state index in [4.69, 9.17) is 5.73 Å². The van der Waals surface area contributed by atoms with E-state index in [1.54, 1.807) is 17.0 Å². The average Bonchev–Trinajstić information content (AvgIpc) is 2.52. The molecule has 22 heavy (non-hydrogen) atoms. The molecule has 2 amide bonds. The Hall–Kier alpha value is -2.81. The van der Waals surface area contributed by atoms with Gasteiger partial charge in [0, 0.05) is 19.0 Å². The number of amides is 2. The van der Waals surface area contributed by atoms with Crippen molar-refractivity contribution >= 4 is 17.9 Å². The Morgan fingerprint density at radius 1 is 1.36 bits per heavy atom. The van der Waals surface area contributed by atoms with E-state index in [0.717, 1.165) is 0 Å². The first-order chi connectivity index (χ1) is 10.5. The minimum Gasteiger partial charge on any atom is -0.508 e. The van der Waals surface area contributed by atoms with Crippen molar-refractivity contribution in [2.75, 3.05) is 13.1 Å². The third-order valence-electron chi connectivity index (χ3n) is 3.72. The van der Waals surface area contributed by atoms with Gasteiger partial charge in [0.2, 0.25) is 5.91 Å². The standard InChI is InChI=1S/C16H17N3O3/c17-10-13(8-11-2-1-3-14(20)9-11)16(22)19-6-4-12(5-7-19)15(18)21/h1-3,8-9,12,20H,4-7H2,(H2,18,21)/b13-8+. The van der Waals surface area contributed by atoms with Gasteiger partial charge in [-0.2, -0.15) is 5.26 Å². The number of benzene rings is 1. The number of likely N-dealkylation sites (tertiary alicyclic amines) is 1. The first-order valence-electron chi connectivity index (χ1n) is 7.00. The number of hydrogen-bond acceptors (Lipinski definition) is 4. The number of phenols is 1. The molecule has 0 radical (unpaired) electrons. The van der Waals surface area contributed by atoms with Gasteiger partial charge in [0.1, 0.15) is 17.4 Å². The second-order valence-corrected chi connectivity index (χ2v) is 5.23. The molecule has 0 saturated carbocycles. The normalized spacial score (nSPS) is 16.1. The summed E-state index contributed by atoms with van der Waals surface area (Å²) in [6, 6.07) is 8.22. The number of nitrogens with two attached hydrogens (primary N) is 1. The van der Waals surface area contributed by atoms with E-state index in [0.29, 0.717) is 31.5 Å². The summed E-state index contributed by atoms with van der Waals surface area (Å²) in [6.07, 6.45) is 2.49. The molecule has 1 aromatic rings. The minimum absolute atomic E-state index is 0.00289. The average molecular weight is 299 g/mol. The lowest BCUT2D eigenvalue weighted by Crippen LogP contribution is -2.42. The van der Waals surface area contributed by atoms with Crippen molar-refractivity contribution in [3.8, 4) is 11.8 Å². The summed E-state index contributed by atoms with van der Waals surface area (Å²) in [5.74, 6) is -0.845. The number of nitriles is 1. The van der Waals surface area contributed by atoms with Crippen molar-refractivity contribution in [3.63, 3.8) is 0 Å². The highest BCUT2D eigenvalue weighted by Crippen LogP contribution is 2.20. The summed E-state index contributed by atoms with van der Waals surface area (Å²) in [7, 11) is 0. The zero-order chi connectivity index (χ0) is 16.1. The molecule has 0 aliphatic carbocycles. The van der Waals surface area contributed by atoms with Crippen LogP contribution in [0.4, 0.5) is 0 Å². The van der Waals surface area contributed by atoms with Crippen molar-refractivity contribution in [1.82, 2.24) is 4.90 Å². The summed E-state index contributed by atoms with van der Waals surface area (Å²) >= 11 is 0. The number of primary amides is 1. The number of carbonyl (C=O) groups is 2. The Balaban J connectivity index is 2.10. The van der Waals surface area contributed by atoms with Gasteiger partial charge in [-0.05, 0) is 36.6 Å². The van der Waals surface area contributed by atoms with E-state index in [1.807, 2.05) is 6.07 Å². The van der Waals surface area contributed by atoms with Gasteiger partial charge >= 0.3 is 0 Å². The van der Waals surface area contributed by atoms with E-state index in [1.165, 1.54) is 18.2 Å². The van der Waals surface area contributed by atoms with Gasteiger partial charge in [-0.3, -0.25) is 9.59 Å². The van der Waals surface area contributed by atoms with E-state index in [9.17, 15) is 20.0 Å². The molecular formula is C16H17N3O3. The van der Waals surface area contributed by atoms with Crippen LogP contribution in [0.2, 0.25) is 0 Å². The topological polar surface area (TPSA) is 107 Å². The van der Waals surface area contributed by atoms with Crippen LogP contribution >= 0.6 is 0 Å². The van der Waals surface area contributed by atoms with E-state index in [-0.39, 0.29) is 29.1 Å². The molecule has 0 atom stereocenters. The monoisotopic (exact) mass is 299 g/mol. The van der Waals surface area contributed by atoms with Crippen molar-refractivity contribution in [3.05, 3.63) is 35.4 Å². The molecule has 1 aliphatic heterocycles. The largest absolute Gasteiger partial charge is 0.508 e. The number of rotatable bonds is 3. The lowest BCUT2D eigenvalue weighted by molar-refractivity contribution is -0.131. The molecule has 0 bridgehead atoms. The van der Waals surface area contributed by atoms with Crippen LogP contribution in [0.3, 0.4) is 0 Å². The Kier molecular flexibility index (Phi) is 4.79. The van der Waals surface area contributed by atoms with Crippen LogP contribution in [0.5, 0.6) is 5.75 Å². The SMILES string of the molecule is N#C/C(=C\c1cccc(O)c1)C(=O)N1CCC(C(N)=O)CC1. The van der Waals surface area contributed by atoms with Crippen molar-refractivity contribution in [2.45, 2.75) is 12.8 Å². The van der Waals surface area contributed by atoms with E-state index in [2.05, 4.69) is 0 Å². The van der Waals surface area contributed by atoms with Gasteiger partial charge in [0.25, 0.3) is 5.91 Å².